The Bertz CT molecular complexity index is 872. The maximum absolute atomic E-state index is 13.1. The molecule has 1 aliphatic heterocycles. The van der Waals surface area contributed by atoms with Crippen LogP contribution in [0.3, 0.4) is 0 Å². The summed E-state index contributed by atoms with van der Waals surface area (Å²) in [6.07, 6.45) is 0. The highest BCUT2D eigenvalue weighted by Crippen LogP contribution is 2.19. The molecule has 1 heterocycles. The van der Waals surface area contributed by atoms with Gasteiger partial charge in [-0.2, -0.15) is 0 Å². The first-order valence-electron chi connectivity index (χ1n) is 10.2. The molecule has 3 rings (SSSR count). The van der Waals surface area contributed by atoms with Crippen molar-refractivity contribution in [3.8, 4) is 0 Å². The van der Waals surface area contributed by atoms with Crippen LogP contribution in [0.2, 0.25) is 0 Å². The van der Waals surface area contributed by atoms with Crippen LogP contribution in [-0.4, -0.2) is 67.9 Å². The Labute approximate surface area is 177 Å². The number of carbonyl (C=O) groups excluding carboxylic acids is 2. The molecule has 7 heteroatoms. The number of benzene rings is 2. The van der Waals surface area contributed by atoms with E-state index in [-0.39, 0.29) is 30.7 Å². The van der Waals surface area contributed by atoms with Gasteiger partial charge < -0.3 is 15.1 Å². The Morgan fingerprint density at radius 1 is 0.967 bits per heavy atom. The molecule has 0 bridgehead atoms. The van der Waals surface area contributed by atoms with E-state index in [0.717, 1.165) is 22.5 Å². The van der Waals surface area contributed by atoms with E-state index in [0.29, 0.717) is 26.2 Å². The van der Waals surface area contributed by atoms with Crippen molar-refractivity contribution < 1.29 is 14.0 Å². The first kappa shape index (κ1) is 21.8. The first-order valence-corrected chi connectivity index (χ1v) is 10.2. The molecule has 1 saturated heterocycles. The van der Waals surface area contributed by atoms with Gasteiger partial charge in [-0.25, -0.2) is 4.39 Å². The van der Waals surface area contributed by atoms with Crippen molar-refractivity contribution in [2.45, 2.75) is 13.8 Å². The molecule has 0 saturated carbocycles. The number of carbonyl (C=O) groups is 2. The van der Waals surface area contributed by atoms with Crippen LogP contribution < -0.4 is 10.2 Å². The molecule has 0 atom stereocenters. The van der Waals surface area contributed by atoms with Gasteiger partial charge in [0.2, 0.25) is 11.8 Å². The number of para-hydroxylation sites is 1. The van der Waals surface area contributed by atoms with Crippen LogP contribution >= 0.6 is 0 Å². The molecule has 2 aromatic carbocycles. The third kappa shape index (κ3) is 5.57. The summed E-state index contributed by atoms with van der Waals surface area (Å²) in [5.41, 5.74) is 3.82. The molecule has 1 N–H and O–H groups in total. The fraction of sp³-hybridized carbons (Fsp3) is 0.391. The lowest BCUT2D eigenvalue weighted by Gasteiger charge is -2.36. The quantitative estimate of drug-likeness (QED) is 0.793. The molecule has 160 valence electrons. The Morgan fingerprint density at radius 3 is 2.17 bits per heavy atom. The number of likely N-dealkylation sites (N-methyl/N-ethyl adjacent to an activating group) is 1. The van der Waals surface area contributed by atoms with Crippen molar-refractivity contribution in [1.29, 1.82) is 0 Å². The Balaban J connectivity index is 1.45. The highest BCUT2D eigenvalue weighted by molar-refractivity contribution is 5.94. The standard InChI is InChI=1S/C23H29FN4O2/c1-17-5-4-6-18(2)23(17)25-21(29)15-26(3)16-22(30)28-13-11-27(12-14-28)20-9-7-19(24)8-10-20/h4-10H,11-16H2,1-3H3,(H,25,29). The highest BCUT2D eigenvalue weighted by atomic mass is 19.1. The molecular formula is C23H29FN4O2. The summed E-state index contributed by atoms with van der Waals surface area (Å²) in [6.45, 7) is 6.88. The maximum atomic E-state index is 13.1. The zero-order chi connectivity index (χ0) is 21.7. The molecule has 1 aliphatic rings. The van der Waals surface area contributed by atoms with Crippen LogP contribution in [0, 0.1) is 19.7 Å². The predicted octanol–water partition coefficient (Wildman–Crippen LogP) is 2.66. The smallest absolute Gasteiger partial charge is 0.238 e. The van der Waals surface area contributed by atoms with E-state index in [9.17, 15) is 14.0 Å². The number of piperazine rings is 1. The normalized spacial score (nSPS) is 14.2. The fourth-order valence-electron chi connectivity index (χ4n) is 3.69. The molecule has 0 radical (unpaired) electrons. The van der Waals surface area contributed by atoms with Gasteiger partial charge in [0.25, 0.3) is 0 Å². The molecular weight excluding hydrogens is 383 g/mol. The molecule has 2 amide bonds. The van der Waals surface area contributed by atoms with Crippen LogP contribution in [0.5, 0.6) is 0 Å². The lowest BCUT2D eigenvalue weighted by atomic mass is 10.1. The number of anilines is 2. The zero-order valence-electron chi connectivity index (χ0n) is 17.8. The summed E-state index contributed by atoms with van der Waals surface area (Å²) in [4.78, 5) is 30.7. The van der Waals surface area contributed by atoms with Crippen molar-refractivity contribution in [1.82, 2.24) is 9.80 Å². The van der Waals surface area contributed by atoms with Gasteiger partial charge in [-0.1, -0.05) is 18.2 Å². The monoisotopic (exact) mass is 412 g/mol. The summed E-state index contributed by atoms with van der Waals surface area (Å²) < 4.78 is 13.1. The number of rotatable bonds is 6. The molecule has 0 spiro atoms. The number of nitrogens with one attached hydrogen (secondary N) is 1. The third-order valence-corrected chi connectivity index (χ3v) is 5.39. The van der Waals surface area contributed by atoms with Gasteiger partial charge >= 0.3 is 0 Å². The van der Waals surface area contributed by atoms with E-state index >= 15 is 0 Å². The fourth-order valence-corrected chi connectivity index (χ4v) is 3.69. The van der Waals surface area contributed by atoms with Crippen LogP contribution in [0.1, 0.15) is 11.1 Å². The second-order valence-electron chi connectivity index (χ2n) is 7.83. The average molecular weight is 413 g/mol. The minimum atomic E-state index is -0.253. The van der Waals surface area contributed by atoms with E-state index in [1.807, 2.05) is 36.9 Å². The van der Waals surface area contributed by atoms with Crippen LogP contribution in [0.15, 0.2) is 42.5 Å². The molecule has 1 fully saturated rings. The second kappa shape index (κ2) is 9.71. The van der Waals surface area contributed by atoms with Gasteiger partial charge in [0.05, 0.1) is 13.1 Å². The summed E-state index contributed by atoms with van der Waals surface area (Å²) in [7, 11) is 1.77. The SMILES string of the molecule is Cc1cccc(C)c1NC(=O)CN(C)CC(=O)N1CCN(c2ccc(F)cc2)CC1. The summed E-state index contributed by atoms with van der Waals surface area (Å²) in [5.74, 6) is -0.378. The number of aryl methyl sites for hydroxylation is 2. The molecule has 0 aromatic heterocycles. The summed E-state index contributed by atoms with van der Waals surface area (Å²) in [5, 5.41) is 2.95. The van der Waals surface area contributed by atoms with E-state index in [1.165, 1.54) is 12.1 Å². The summed E-state index contributed by atoms with van der Waals surface area (Å²) >= 11 is 0. The van der Waals surface area contributed by atoms with Gasteiger partial charge in [0, 0.05) is 37.6 Å². The van der Waals surface area contributed by atoms with Gasteiger partial charge in [-0.15, -0.1) is 0 Å². The molecule has 6 nitrogen and oxygen atoms in total. The van der Waals surface area contributed by atoms with E-state index < -0.39 is 0 Å². The van der Waals surface area contributed by atoms with Gasteiger partial charge in [-0.05, 0) is 56.3 Å². The topological polar surface area (TPSA) is 55.9 Å². The molecule has 0 unspecified atom stereocenters. The van der Waals surface area contributed by atoms with E-state index in [2.05, 4.69) is 10.2 Å². The highest BCUT2D eigenvalue weighted by Gasteiger charge is 2.22. The van der Waals surface area contributed by atoms with Gasteiger partial charge in [0.1, 0.15) is 5.82 Å². The lowest BCUT2D eigenvalue weighted by Crippen LogP contribution is -2.51. The number of nitrogens with zero attached hydrogens (tertiary/aromatic N) is 3. The Kier molecular flexibility index (Phi) is 7.05. The zero-order valence-corrected chi connectivity index (χ0v) is 17.8. The number of hydrogen-bond donors (Lipinski definition) is 1. The average Bonchev–Trinajstić information content (AvgIpc) is 2.71. The number of hydrogen-bond acceptors (Lipinski definition) is 4. The number of halogens is 1. The van der Waals surface area contributed by atoms with Crippen LogP contribution in [-0.2, 0) is 9.59 Å². The van der Waals surface area contributed by atoms with Crippen molar-refractivity contribution >= 4 is 23.2 Å². The van der Waals surface area contributed by atoms with Crippen molar-refractivity contribution in [2.75, 3.05) is 56.5 Å². The van der Waals surface area contributed by atoms with Crippen LogP contribution in [0.25, 0.3) is 0 Å². The Morgan fingerprint density at radius 2 is 1.57 bits per heavy atom. The number of amides is 2. The summed E-state index contributed by atoms with van der Waals surface area (Å²) in [6, 6.07) is 12.3. The Hall–Kier alpha value is -2.93. The van der Waals surface area contributed by atoms with E-state index in [1.54, 1.807) is 24.1 Å². The minimum Gasteiger partial charge on any atom is -0.368 e. The lowest BCUT2D eigenvalue weighted by molar-refractivity contribution is -0.132. The third-order valence-electron chi connectivity index (χ3n) is 5.39. The predicted molar refractivity (Wildman–Crippen MR) is 117 cm³/mol. The second-order valence-corrected chi connectivity index (χ2v) is 7.83. The largest absolute Gasteiger partial charge is 0.368 e. The van der Waals surface area contributed by atoms with Crippen molar-refractivity contribution in [3.63, 3.8) is 0 Å². The first-order chi connectivity index (χ1) is 14.3. The minimum absolute atomic E-state index is 0.0103. The van der Waals surface area contributed by atoms with Gasteiger partial charge in [-0.3, -0.25) is 14.5 Å². The van der Waals surface area contributed by atoms with Gasteiger partial charge in [0.15, 0.2) is 0 Å². The molecule has 30 heavy (non-hydrogen) atoms. The van der Waals surface area contributed by atoms with Crippen LogP contribution in [0.4, 0.5) is 15.8 Å². The molecule has 2 aromatic rings. The maximum Gasteiger partial charge on any atom is 0.238 e. The van der Waals surface area contributed by atoms with Crippen molar-refractivity contribution in [3.05, 3.63) is 59.4 Å². The molecule has 0 aliphatic carbocycles. The van der Waals surface area contributed by atoms with Crippen molar-refractivity contribution in [2.24, 2.45) is 0 Å². The van der Waals surface area contributed by atoms with E-state index in [4.69, 9.17) is 0 Å².